The molecule has 3 rings (SSSR count). The first kappa shape index (κ1) is 24.3. The molecule has 2 aromatic rings. The predicted molar refractivity (Wildman–Crippen MR) is 126 cm³/mol. The molecule has 33 heavy (non-hydrogen) atoms. The van der Waals surface area contributed by atoms with Crippen molar-refractivity contribution in [1.29, 1.82) is 0 Å². The van der Waals surface area contributed by atoms with Gasteiger partial charge in [0.2, 0.25) is 0 Å². The molecule has 1 aliphatic heterocycles. The van der Waals surface area contributed by atoms with Crippen LogP contribution in [-0.4, -0.2) is 48.9 Å². The summed E-state index contributed by atoms with van der Waals surface area (Å²) in [6, 6.07) is 10.6. The highest BCUT2D eigenvalue weighted by atomic mass is 16.5. The van der Waals surface area contributed by atoms with Gasteiger partial charge in [-0.3, -0.25) is 14.4 Å². The van der Waals surface area contributed by atoms with Gasteiger partial charge in [0.1, 0.15) is 11.5 Å². The van der Waals surface area contributed by atoms with Crippen LogP contribution in [0, 0.1) is 26.7 Å². The molecule has 0 spiro atoms. The first-order valence-electron chi connectivity index (χ1n) is 11.3. The summed E-state index contributed by atoms with van der Waals surface area (Å²) in [4.78, 5) is 38.0. The molecule has 0 atom stereocenters. The summed E-state index contributed by atoms with van der Waals surface area (Å²) in [5, 5.41) is 2.95. The summed E-state index contributed by atoms with van der Waals surface area (Å²) in [7, 11) is 0. The molecule has 7 nitrogen and oxygen atoms in total. The number of aryl methyl sites for hydroxylation is 2. The van der Waals surface area contributed by atoms with E-state index in [-0.39, 0.29) is 18.4 Å². The molecule has 0 bridgehead atoms. The Balaban J connectivity index is 1.43. The molecular formula is C26H32N2O5. The number of piperidine rings is 1. The monoisotopic (exact) mass is 452 g/mol. The molecule has 0 radical (unpaired) electrons. The number of esters is 1. The number of hydrogen-bond acceptors (Lipinski definition) is 5. The van der Waals surface area contributed by atoms with Crippen LogP contribution < -0.4 is 14.8 Å². The average Bonchev–Trinajstić information content (AvgIpc) is 2.80. The maximum absolute atomic E-state index is 12.6. The zero-order chi connectivity index (χ0) is 24.0. The van der Waals surface area contributed by atoms with Gasteiger partial charge in [0, 0.05) is 32.1 Å². The van der Waals surface area contributed by atoms with E-state index >= 15 is 0 Å². The van der Waals surface area contributed by atoms with Gasteiger partial charge in [-0.05, 0) is 74.4 Å². The lowest BCUT2D eigenvalue weighted by Crippen LogP contribution is -2.43. The van der Waals surface area contributed by atoms with E-state index in [4.69, 9.17) is 9.47 Å². The van der Waals surface area contributed by atoms with E-state index in [0.717, 1.165) is 35.3 Å². The van der Waals surface area contributed by atoms with Crippen molar-refractivity contribution in [2.45, 2.75) is 40.5 Å². The molecule has 2 aromatic carbocycles. The molecule has 7 heteroatoms. The van der Waals surface area contributed by atoms with Gasteiger partial charge < -0.3 is 19.7 Å². The third-order valence-corrected chi connectivity index (χ3v) is 6.09. The molecule has 0 unspecified atom stereocenters. The second-order valence-electron chi connectivity index (χ2n) is 8.60. The Morgan fingerprint density at radius 3 is 2.42 bits per heavy atom. The highest BCUT2D eigenvalue weighted by molar-refractivity contribution is 5.94. The van der Waals surface area contributed by atoms with Crippen molar-refractivity contribution in [2.75, 3.05) is 26.2 Å². The van der Waals surface area contributed by atoms with E-state index in [2.05, 4.69) is 11.4 Å². The van der Waals surface area contributed by atoms with Crippen LogP contribution in [0.3, 0.4) is 0 Å². The van der Waals surface area contributed by atoms with Gasteiger partial charge in [-0.2, -0.15) is 0 Å². The number of benzene rings is 2. The highest BCUT2D eigenvalue weighted by Gasteiger charge is 2.24. The third kappa shape index (κ3) is 6.57. The first-order valence-corrected chi connectivity index (χ1v) is 11.3. The summed E-state index contributed by atoms with van der Waals surface area (Å²) in [5.74, 6) is 0.791. The molecule has 1 aliphatic rings. The Morgan fingerprint density at radius 1 is 1.03 bits per heavy atom. The summed E-state index contributed by atoms with van der Waals surface area (Å²) < 4.78 is 10.9. The van der Waals surface area contributed by atoms with Crippen LogP contribution in [0.1, 0.15) is 46.8 Å². The lowest BCUT2D eigenvalue weighted by molar-refractivity contribution is -0.135. The standard InChI is InChI=1S/C26H32N2O5/c1-17-8-9-18(2)25(19(17)3)32-16-24(30)28-12-10-21(11-13-28)15-27-26(31)22-6-5-7-23(14-22)33-20(4)29/h5-9,14,21H,10-13,15-16H2,1-4H3,(H,27,31). The number of rotatable bonds is 7. The first-order chi connectivity index (χ1) is 15.7. The molecule has 2 amide bonds. The van der Waals surface area contributed by atoms with Crippen molar-refractivity contribution in [3.63, 3.8) is 0 Å². The number of nitrogens with one attached hydrogen (secondary N) is 1. The third-order valence-electron chi connectivity index (χ3n) is 6.09. The zero-order valence-electron chi connectivity index (χ0n) is 19.8. The second kappa shape index (κ2) is 11.0. The minimum Gasteiger partial charge on any atom is -0.483 e. The van der Waals surface area contributed by atoms with E-state index in [1.807, 2.05) is 31.7 Å². The minimum absolute atomic E-state index is 0.0138. The number of ether oxygens (including phenoxy) is 2. The largest absolute Gasteiger partial charge is 0.483 e. The number of nitrogens with zero attached hydrogens (tertiary/aromatic N) is 1. The lowest BCUT2D eigenvalue weighted by atomic mass is 9.96. The van der Waals surface area contributed by atoms with E-state index in [1.165, 1.54) is 6.92 Å². The SMILES string of the molecule is CC(=O)Oc1cccc(C(=O)NCC2CCN(C(=O)COc3c(C)ccc(C)c3C)CC2)c1. The molecule has 1 fully saturated rings. The molecule has 1 N–H and O–H groups in total. The maximum Gasteiger partial charge on any atom is 0.308 e. The van der Waals surface area contributed by atoms with Crippen LogP contribution >= 0.6 is 0 Å². The van der Waals surface area contributed by atoms with Crippen LogP contribution in [-0.2, 0) is 9.59 Å². The van der Waals surface area contributed by atoms with Crippen molar-refractivity contribution in [1.82, 2.24) is 10.2 Å². The van der Waals surface area contributed by atoms with Crippen molar-refractivity contribution in [3.8, 4) is 11.5 Å². The van der Waals surface area contributed by atoms with Crippen molar-refractivity contribution in [2.24, 2.45) is 5.92 Å². The Labute approximate surface area is 195 Å². The number of carbonyl (C=O) groups excluding carboxylic acids is 3. The lowest BCUT2D eigenvalue weighted by Gasteiger charge is -2.32. The van der Waals surface area contributed by atoms with Crippen molar-refractivity contribution in [3.05, 3.63) is 58.7 Å². The van der Waals surface area contributed by atoms with Crippen LogP contribution in [0.4, 0.5) is 0 Å². The Hall–Kier alpha value is -3.35. The number of carbonyl (C=O) groups is 3. The number of amides is 2. The molecule has 0 aliphatic carbocycles. The number of likely N-dealkylation sites (tertiary alicyclic amines) is 1. The predicted octanol–water partition coefficient (Wildman–Crippen LogP) is 3.58. The fraction of sp³-hybridized carbons (Fsp3) is 0.423. The van der Waals surface area contributed by atoms with Gasteiger partial charge >= 0.3 is 5.97 Å². The fourth-order valence-corrected chi connectivity index (χ4v) is 3.97. The van der Waals surface area contributed by atoms with Gasteiger partial charge in [0.05, 0.1) is 0 Å². The van der Waals surface area contributed by atoms with Gasteiger partial charge in [-0.1, -0.05) is 18.2 Å². The van der Waals surface area contributed by atoms with Crippen LogP contribution in [0.25, 0.3) is 0 Å². The van der Waals surface area contributed by atoms with E-state index in [1.54, 1.807) is 24.3 Å². The van der Waals surface area contributed by atoms with Crippen LogP contribution in [0.15, 0.2) is 36.4 Å². The summed E-state index contributed by atoms with van der Waals surface area (Å²) in [6.45, 7) is 9.21. The second-order valence-corrected chi connectivity index (χ2v) is 8.60. The quantitative estimate of drug-likeness (QED) is 0.513. The van der Waals surface area contributed by atoms with E-state index in [0.29, 0.717) is 36.9 Å². The Bertz CT molecular complexity index is 1030. The maximum atomic E-state index is 12.6. The van der Waals surface area contributed by atoms with E-state index in [9.17, 15) is 14.4 Å². The Morgan fingerprint density at radius 2 is 1.73 bits per heavy atom. The summed E-state index contributed by atoms with van der Waals surface area (Å²) >= 11 is 0. The molecule has 0 aromatic heterocycles. The summed E-state index contributed by atoms with van der Waals surface area (Å²) in [5.41, 5.74) is 3.68. The summed E-state index contributed by atoms with van der Waals surface area (Å²) in [6.07, 6.45) is 1.64. The number of hydrogen-bond donors (Lipinski definition) is 1. The normalized spacial score (nSPS) is 14.0. The molecule has 1 heterocycles. The molecular weight excluding hydrogens is 420 g/mol. The molecule has 1 saturated heterocycles. The zero-order valence-corrected chi connectivity index (χ0v) is 19.8. The van der Waals surface area contributed by atoms with Crippen molar-refractivity contribution >= 4 is 17.8 Å². The smallest absolute Gasteiger partial charge is 0.308 e. The average molecular weight is 453 g/mol. The topological polar surface area (TPSA) is 84.9 Å². The highest BCUT2D eigenvalue weighted by Crippen LogP contribution is 2.26. The van der Waals surface area contributed by atoms with Gasteiger partial charge in [-0.15, -0.1) is 0 Å². The molecule has 176 valence electrons. The minimum atomic E-state index is -0.427. The van der Waals surface area contributed by atoms with Gasteiger partial charge in [0.25, 0.3) is 11.8 Å². The van der Waals surface area contributed by atoms with Gasteiger partial charge in [-0.25, -0.2) is 0 Å². The molecule has 0 saturated carbocycles. The Kier molecular flexibility index (Phi) is 8.09. The fourth-order valence-electron chi connectivity index (χ4n) is 3.97. The van der Waals surface area contributed by atoms with Gasteiger partial charge in [0.15, 0.2) is 6.61 Å². The van der Waals surface area contributed by atoms with Crippen molar-refractivity contribution < 1.29 is 23.9 Å². The van der Waals surface area contributed by atoms with E-state index < -0.39 is 5.97 Å². The van der Waals surface area contributed by atoms with Crippen LogP contribution in [0.5, 0.6) is 11.5 Å². The van der Waals surface area contributed by atoms with Crippen LogP contribution in [0.2, 0.25) is 0 Å².